The molecule has 1 heterocycles. The fourth-order valence-corrected chi connectivity index (χ4v) is 1.45. The fourth-order valence-electron chi connectivity index (χ4n) is 1.45. The van der Waals surface area contributed by atoms with Crippen LogP contribution in [0.5, 0.6) is 11.6 Å². The predicted molar refractivity (Wildman–Crippen MR) is 68.3 cm³/mol. The van der Waals surface area contributed by atoms with Crippen LogP contribution in [0.25, 0.3) is 0 Å². The van der Waals surface area contributed by atoms with E-state index >= 15 is 0 Å². The second kappa shape index (κ2) is 5.82. The van der Waals surface area contributed by atoms with Gasteiger partial charge in [0.05, 0.1) is 0 Å². The summed E-state index contributed by atoms with van der Waals surface area (Å²) >= 11 is 0. The standard InChI is InChI=1S/C14H14N2O2/c1-11(17)16-10-12-7-8-15-14(9-12)18-13-5-3-2-4-6-13/h2-9H,10H2,1H3,(H,16,17). The van der Waals surface area contributed by atoms with Crippen molar-refractivity contribution < 1.29 is 9.53 Å². The Morgan fingerprint density at radius 3 is 2.78 bits per heavy atom. The maximum atomic E-state index is 10.8. The van der Waals surface area contributed by atoms with Crippen molar-refractivity contribution in [3.63, 3.8) is 0 Å². The third-order valence-corrected chi connectivity index (χ3v) is 2.31. The van der Waals surface area contributed by atoms with Crippen LogP contribution in [-0.4, -0.2) is 10.9 Å². The van der Waals surface area contributed by atoms with Crippen molar-refractivity contribution in [3.05, 3.63) is 54.2 Å². The molecule has 0 aliphatic rings. The quantitative estimate of drug-likeness (QED) is 0.896. The Hall–Kier alpha value is -2.36. The Balaban J connectivity index is 2.05. The number of amides is 1. The number of benzene rings is 1. The number of aromatic nitrogens is 1. The Kier molecular flexibility index (Phi) is 3.91. The monoisotopic (exact) mass is 242 g/mol. The van der Waals surface area contributed by atoms with E-state index in [1.165, 1.54) is 6.92 Å². The van der Waals surface area contributed by atoms with Gasteiger partial charge in [0, 0.05) is 25.7 Å². The van der Waals surface area contributed by atoms with Crippen LogP contribution in [0.3, 0.4) is 0 Å². The van der Waals surface area contributed by atoms with Crippen molar-refractivity contribution in [1.29, 1.82) is 0 Å². The third-order valence-electron chi connectivity index (χ3n) is 2.31. The number of nitrogens with one attached hydrogen (secondary N) is 1. The second-order valence-electron chi connectivity index (χ2n) is 3.83. The van der Waals surface area contributed by atoms with Crippen LogP contribution < -0.4 is 10.1 Å². The van der Waals surface area contributed by atoms with Crippen molar-refractivity contribution >= 4 is 5.91 Å². The molecule has 0 saturated heterocycles. The van der Waals surface area contributed by atoms with Gasteiger partial charge in [-0.25, -0.2) is 4.98 Å². The van der Waals surface area contributed by atoms with E-state index in [1.54, 1.807) is 6.20 Å². The molecular formula is C14H14N2O2. The second-order valence-corrected chi connectivity index (χ2v) is 3.83. The van der Waals surface area contributed by atoms with Crippen molar-refractivity contribution in [3.8, 4) is 11.6 Å². The summed E-state index contributed by atoms with van der Waals surface area (Å²) in [6, 6.07) is 13.1. The number of carbonyl (C=O) groups excluding carboxylic acids is 1. The van der Waals surface area contributed by atoms with E-state index in [0.29, 0.717) is 12.4 Å². The normalized spacial score (nSPS) is 9.83. The molecule has 0 spiro atoms. The summed E-state index contributed by atoms with van der Waals surface area (Å²) in [5.74, 6) is 1.20. The molecule has 0 aliphatic carbocycles. The number of carbonyl (C=O) groups is 1. The van der Waals surface area contributed by atoms with Crippen molar-refractivity contribution in [2.45, 2.75) is 13.5 Å². The minimum atomic E-state index is -0.0580. The predicted octanol–water partition coefficient (Wildman–Crippen LogP) is 2.51. The van der Waals surface area contributed by atoms with Gasteiger partial charge in [-0.1, -0.05) is 18.2 Å². The first-order chi connectivity index (χ1) is 8.74. The van der Waals surface area contributed by atoms with E-state index in [9.17, 15) is 4.79 Å². The number of para-hydroxylation sites is 1. The van der Waals surface area contributed by atoms with Gasteiger partial charge in [0.1, 0.15) is 5.75 Å². The lowest BCUT2D eigenvalue weighted by Gasteiger charge is -2.06. The van der Waals surface area contributed by atoms with Gasteiger partial charge in [0.15, 0.2) is 0 Å². The molecule has 4 nitrogen and oxygen atoms in total. The lowest BCUT2D eigenvalue weighted by atomic mass is 10.2. The first-order valence-corrected chi connectivity index (χ1v) is 5.66. The molecule has 18 heavy (non-hydrogen) atoms. The van der Waals surface area contributed by atoms with Crippen LogP contribution in [0.15, 0.2) is 48.7 Å². The maximum absolute atomic E-state index is 10.8. The van der Waals surface area contributed by atoms with Gasteiger partial charge in [0.2, 0.25) is 11.8 Å². The minimum absolute atomic E-state index is 0.0580. The molecule has 0 saturated carbocycles. The number of pyridine rings is 1. The van der Waals surface area contributed by atoms with Crippen LogP contribution in [0.2, 0.25) is 0 Å². The number of nitrogens with zero attached hydrogens (tertiary/aromatic N) is 1. The molecule has 4 heteroatoms. The van der Waals surface area contributed by atoms with E-state index < -0.39 is 0 Å². The number of hydrogen-bond donors (Lipinski definition) is 1. The Morgan fingerprint density at radius 2 is 2.06 bits per heavy atom. The molecule has 0 atom stereocenters. The molecule has 1 aromatic carbocycles. The molecule has 2 rings (SSSR count). The minimum Gasteiger partial charge on any atom is -0.439 e. The summed E-state index contributed by atoms with van der Waals surface area (Å²) in [4.78, 5) is 15.0. The molecule has 1 N–H and O–H groups in total. The first-order valence-electron chi connectivity index (χ1n) is 5.66. The molecular weight excluding hydrogens is 228 g/mol. The molecule has 0 aliphatic heterocycles. The highest BCUT2D eigenvalue weighted by molar-refractivity contribution is 5.72. The molecule has 1 amide bonds. The first kappa shape index (κ1) is 12.1. The largest absolute Gasteiger partial charge is 0.439 e. The van der Waals surface area contributed by atoms with Gasteiger partial charge in [0.25, 0.3) is 0 Å². The van der Waals surface area contributed by atoms with Gasteiger partial charge in [-0.15, -0.1) is 0 Å². The molecule has 0 radical (unpaired) electrons. The number of ether oxygens (including phenoxy) is 1. The molecule has 0 fully saturated rings. The summed E-state index contributed by atoms with van der Waals surface area (Å²) in [6.07, 6.45) is 1.66. The average molecular weight is 242 g/mol. The molecule has 0 bridgehead atoms. The maximum Gasteiger partial charge on any atom is 0.219 e. The van der Waals surface area contributed by atoms with Gasteiger partial charge in [-0.2, -0.15) is 0 Å². The lowest BCUT2D eigenvalue weighted by molar-refractivity contribution is -0.119. The van der Waals surface area contributed by atoms with Gasteiger partial charge in [-0.3, -0.25) is 4.79 Å². The topological polar surface area (TPSA) is 51.2 Å². The van der Waals surface area contributed by atoms with Gasteiger partial charge in [-0.05, 0) is 23.8 Å². The SMILES string of the molecule is CC(=O)NCc1ccnc(Oc2ccccc2)c1. The van der Waals surface area contributed by atoms with E-state index in [-0.39, 0.29) is 5.91 Å². The van der Waals surface area contributed by atoms with Crippen LogP contribution in [0.1, 0.15) is 12.5 Å². The van der Waals surface area contributed by atoms with Gasteiger partial charge >= 0.3 is 0 Å². The van der Waals surface area contributed by atoms with Crippen molar-refractivity contribution in [1.82, 2.24) is 10.3 Å². The van der Waals surface area contributed by atoms with E-state index in [1.807, 2.05) is 42.5 Å². The number of hydrogen-bond acceptors (Lipinski definition) is 3. The van der Waals surface area contributed by atoms with Crippen LogP contribution in [0, 0.1) is 0 Å². The van der Waals surface area contributed by atoms with E-state index in [0.717, 1.165) is 11.3 Å². The van der Waals surface area contributed by atoms with Crippen molar-refractivity contribution in [2.75, 3.05) is 0 Å². The molecule has 0 unspecified atom stereocenters. The summed E-state index contributed by atoms with van der Waals surface area (Å²) < 4.78 is 5.60. The van der Waals surface area contributed by atoms with Crippen molar-refractivity contribution in [2.24, 2.45) is 0 Å². The zero-order chi connectivity index (χ0) is 12.8. The highest BCUT2D eigenvalue weighted by Crippen LogP contribution is 2.19. The summed E-state index contributed by atoms with van der Waals surface area (Å²) in [6.45, 7) is 1.96. The molecule has 2 aromatic rings. The average Bonchev–Trinajstić information content (AvgIpc) is 2.38. The van der Waals surface area contributed by atoms with E-state index in [2.05, 4.69) is 10.3 Å². The van der Waals surface area contributed by atoms with Crippen LogP contribution >= 0.6 is 0 Å². The smallest absolute Gasteiger partial charge is 0.219 e. The zero-order valence-electron chi connectivity index (χ0n) is 10.1. The third kappa shape index (κ3) is 3.59. The Morgan fingerprint density at radius 1 is 1.28 bits per heavy atom. The summed E-state index contributed by atoms with van der Waals surface area (Å²) in [5, 5.41) is 2.73. The lowest BCUT2D eigenvalue weighted by Crippen LogP contribution is -2.18. The van der Waals surface area contributed by atoms with E-state index in [4.69, 9.17) is 4.74 Å². The summed E-state index contributed by atoms with van der Waals surface area (Å²) in [5.41, 5.74) is 0.950. The Bertz CT molecular complexity index is 526. The van der Waals surface area contributed by atoms with Crippen LogP contribution in [0.4, 0.5) is 0 Å². The van der Waals surface area contributed by atoms with Crippen LogP contribution in [-0.2, 0) is 11.3 Å². The molecule has 92 valence electrons. The number of rotatable bonds is 4. The highest BCUT2D eigenvalue weighted by atomic mass is 16.5. The van der Waals surface area contributed by atoms with Gasteiger partial charge < -0.3 is 10.1 Å². The molecule has 1 aromatic heterocycles. The highest BCUT2D eigenvalue weighted by Gasteiger charge is 2.00. The Labute approximate surface area is 106 Å². The zero-order valence-corrected chi connectivity index (χ0v) is 10.1. The summed E-state index contributed by atoms with van der Waals surface area (Å²) in [7, 11) is 0. The fraction of sp³-hybridized carbons (Fsp3) is 0.143.